The molecule has 1 unspecified atom stereocenters. The van der Waals surface area contributed by atoms with Crippen LogP contribution in [0.25, 0.3) is 0 Å². The molecule has 1 fully saturated rings. The van der Waals surface area contributed by atoms with Crippen LogP contribution in [-0.4, -0.2) is 33.7 Å². The molecule has 1 heterocycles. The second kappa shape index (κ2) is 4.65. The molecule has 3 N–H and O–H groups in total. The lowest BCUT2D eigenvalue weighted by molar-refractivity contribution is 0.0938. The highest BCUT2D eigenvalue weighted by molar-refractivity contribution is 7.99. The van der Waals surface area contributed by atoms with Crippen LogP contribution in [0, 0.1) is 0 Å². The Morgan fingerprint density at radius 1 is 1.44 bits per heavy atom. The summed E-state index contributed by atoms with van der Waals surface area (Å²) in [6.45, 7) is 0. The highest BCUT2D eigenvalue weighted by Crippen LogP contribution is 2.28. The molecule has 2 rings (SSSR count). The van der Waals surface area contributed by atoms with Crippen LogP contribution in [0.15, 0.2) is 18.2 Å². The molecule has 5 heteroatoms. The van der Waals surface area contributed by atoms with Crippen LogP contribution < -0.4 is 5.32 Å². The van der Waals surface area contributed by atoms with E-state index in [4.69, 9.17) is 0 Å². The Kier molecular flexibility index (Phi) is 3.24. The third kappa shape index (κ3) is 2.24. The molecule has 0 bridgehead atoms. The number of hydrogen-bond acceptors (Lipinski definition) is 4. The van der Waals surface area contributed by atoms with Gasteiger partial charge in [0.15, 0.2) is 11.5 Å². The second-order valence-corrected chi connectivity index (χ2v) is 4.86. The molecular formula is C11H13NO3S. The molecule has 16 heavy (non-hydrogen) atoms. The monoisotopic (exact) mass is 239 g/mol. The summed E-state index contributed by atoms with van der Waals surface area (Å²) in [7, 11) is 0. The maximum atomic E-state index is 11.8. The fourth-order valence-corrected chi connectivity index (χ4v) is 2.78. The van der Waals surface area contributed by atoms with Crippen molar-refractivity contribution in [2.45, 2.75) is 12.5 Å². The lowest BCUT2D eigenvalue weighted by atomic mass is 10.1. The number of phenols is 2. The van der Waals surface area contributed by atoms with Crippen LogP contribution in [0.1, 0.15) is 16.8 Å². The summed E-state index contributed by atoms with van der Waals surface area (Å²) in [6, 6.07) is 4.54. The number of rotatable bonds is 2. The maximum Gasteiger partial charge on any atom is 0.255 e. The van der Waals surface area contributed by atoms with E-state index in [0.29, 0.717) is 0 Å². The Labute approximate surface area is 97.7 Å². The van der Waals surface area contributed by atoms with E-state index >= 15 is 0 Å². The van der Waals surface area contributed by atoms with Gasteiger partial charge in [-0.15, -0.1) is 0 Å². The number of hydrogen-bond donors (Lipinski definition) is 3. The topological polar surface area (TPSA) is 69.6 Å². The number of thioether (sulfide) groups is 1. The average molecular weight is 239 g/mol. The van der Waals surface area contributed by atoms with Gasteiger partial charge in [-0.05, 0) is 24.3 Å². The van der Waals surface area contributed by atoms with Crippen molar-refractivity contribution in [1.82, 2.24) is 5.32 Å². The van der Waals surface area contributed by atoms with E-state index in [2.05, 4.69) is 5.32 Å². The zero-order valence-electron chi connectivity index (χ0n) is 8.64. The first kappa shape index (κ1) is 11.1. The normalized spacial score (nSPS) is 19.6. The van der Waals surface area contributed by atoms with E-state index in [-0.39, 0.29) is 29.0 Å². The van der Waals surface area contributed by atoms with Crippen molar-refractivity contribution in [3.63, 3.8) is 0 Å². The van der Waals surface area contributed by atoms with Gasteiger partial charge in [0.25, 0.3) is 5.91 Å². The Morgan fingerprint density at radius 3 is 2.94 bits per heavy atom. The Hall–Kier alpha value is -1.36. The van der Waals surface area contributed by atoms with Crippen molar-refractivity contribution in [3.8, 4) is 11.5 Å². The summed E-state index contributed by atoms with van der Waals surface area (Å²) in [5.41, 5.74) is 0.122. The predicted octanol–water partition coefficient (Wildman–Crippen LogP) is 1.33. The Balaban J connectivity index is 2.11. The number of benzene rings is 1. The van der Waals surface area contributed by atoms with Crippen molar-refractivity contribution in [1.29, 1.82) is 0 Å². The molecule has 1 aromatic carbocycles. The largest absolute Gasteiger partial charge is 0.504 e. The fraction of sp³-hybridized carbons (Fsp3) is 0.364. The van der Waals surface area contributed by atoms with Gasteiger partial charge in [-0.2, -0.15) is 11.8 Å². The smallest absolute Gasteiger partial charge is 0.255 e. The molecule has 0 saturated carbocycles. The fourth-order valence-electron chi connectivity index (χ4n) is 1.63. The number of nitrogens with one attached hydrogen (secondary N) is 1. The lowest BCUT2D eigenvalue weighted by Crippen LogP contribution is -2.34. The van der Waals surface area contributed by atoms with Gasteiger partial charge in [0, 0.05) is 11.8 Å². The van der Waals surface area contributed by atoms with E-state index in [9.17, 15) is 15.0 Å². The van der Waals surface area contributed by atoms with E-state index in [1.54, 1.807) is 11.8 Å². The van der Waals surface area contributed by atoms with Gasteiger partial charge in [-0.25, -0.2) is 0 Å². The number of aromatic hydroxyl groups is 2. The molecule has 1 atom stereocenters. The van der Waals surface area contributed by atoms with Crippen LogP contribution in [0.5, 0.6) is 11.5 Å². The van der Waals surface area contributed by atoms with Gasteiger partial charge in [0.05, 0.1) is 5.56 Å². The first-order valence-electron chi connectivity index (χ1n) is 5.08. The molecular weight excluding hydrogens is 226 g/mol. The summed E-state index contributed by atoms with van der Waals surface area (Å²) in [5, 5.41) is 21.6. The highest BCUT2D eigenvalue weighted by atomic mass is 32.2. The molecule has 86 valence electrons. The zero-order chi connectivity index (χ0) is 11.5. The second-order valence-electron chi connectivity index (χ2n) is 3.71. The molecule has 1 aromatic rings. The first-order chi connectivity index (χ1) is 7.68. The number of carbonyl (C=O) groups excluding carboxylic acids is 1. The third-order valence-corrected chi connectivity index (χ3v) is 3.69. The minimum atomic E-state index is -0.356. The molecule has 1 aliphatic rings. The minimum absolute atomic E-state index is 0.122. The summed E-state index contributed by atoms with van der Waals surface area (Å²) in [4.78, 5) is 11.8. The number of phenolic OH excluding ortho intramolecular Hbond substituents is 2. The van der Waals surface area contributed by atoms with Gasteiger partial charge in [0.2, 0.25) is 0 Å². The van der Waals surface area contributed by atoms with Crippen LogP contribution >= 0.6 is 11.8 Å². The summed E-state index contributed by atoms with van der Waals surface area (Å²) in [5.74, 6) is 1.00. The number of amides is 1. The van der Waals surface area contributed by atoms with Crippen molar-refractivity contribution in [2.75, 3.05) is 11.5 Å². The van der Waals surface area contributed by atoms with Gasteiger partial charge < -0.3 is 15.5 Å². The van der Waals surface area contributed by atoms with Crippen molar-refractivity contribution in [2.24, 2.45) is 0 Å². The van der Waals surface area contributed by atoms with Crippen LogP contribution in [0.3, 0.4) is 0 Å². The molecule has 1 aliphatic heterocycles. The third-order valence-electron chi connectivity index (χ3n) is 2.52. The maximum absolute atomic E-state index is 11.8. The predicted molar refractivity (Wildman–Crippen MR) is 63.0 cm³/mol. The molecule has 1 amide bonds. The van der Waals surface area contributed by atoms with Gasteiger partial charge in [0.1, 0.15) is 0 Å². The van der Waals surface area contributed by atoms with Gasteiger partial charge in [-0.1, -0.05) is 6.07 Å². The zero-order valence-corrected chi connectivity index (χ0v) is 9.46. The van der Waals surface area contributed by atoms with E-state index in [0.717, 1.165) is 17.9 Å². The molecule has 0 spiro atoms. The Bertz CT molecular complexity index is 402. The minimum Gasteiger partial charge on any atom is -0.504 e. The van der Waals surface area contributed by atoms with E-state index < -0.39 is 0 Å². The highest BCUT2D eigenvalue weighted by Gasteiger charge is 2.20. The molecule has 1 saturated heterocycles. The quantitative estimate of drug-likeness (QED) is 0.681. The Morgan fingerprint density at radius 2 is 2.25 bits per heavy atom. The van der Waals surface area contributed by atoms with Crippen molar-refractivity contribution >= 4 is 17.7 Å². The molecule has 0 aliphatic carbocycles. The van der Waals surface area contributed by atoms with E-state index in [1.807, 2.05) is 0 Å². The summed E-state index contributed by atoms with van der Waals surface area (Å²) < 4.78 is 0. The average Bonchev–Trinajstić information content (AvgIpc) is 2.74. The van der Waals surface area contributed by atoms with Crippen molar-refractivity contribution < 1.29 is 15.0 Å². The molecule has 0 aromatic heterocycles. The van der Waals surface area contributed by atoms with Crippen molar-refractivity contribution in [3.05, 3.63) is 23.8 Å². The van der Waals surface area contributed by atoms with Crippen LogP contribution in [0.4, 0.5) is 0 Å². The van der Waals surface area contributed by atoms with Crippen LogP contribution in [0.2, 0.25) is 0 Å². The van der Waals surface area contributed by atoms with Gasteiger partial charge in [-0.3, -0.25) is 4.79 Å². The summed E-state index contributed by atoms with van der Waals surface area (Å²) >= 11 is 1.80. The molecule has 4 nitrogen and oxygen atoms in total. The van der Waals surface area contributed by atoms with Gasteiger partial charge >= 0.3 is 0 Å². The van der Waals surface area contributed by atoms with Crippen LogP contribution in [-0.2, 0) is 0 Å². The first-order valence-corrected chi connectivity index (χ1v) is 6.23. The number of carbonyl (C=O) groups is 1. The number of para-hydroxylation sites is 1. The SMILES string of the molecule is O=C(NC1CCSC1)c1cccc(O)c1O. The summed E-state index contributed by atoms with van der Waals surface area (Å²) in [6.07, 6.45) is 0.954. The lowest BCUT2D eigenvalue weighted by Gasteiger charge is -2.12. The van der Waals surface area contributed by atoms with E-state index in [1.165, 1.54) is 18.2 Å². The molecule has 0 radical (unpaired) electrons. The standard InChI is InChI=1S/C11H13NO3S/c13-9-3-1-2-8(10(9)14)11(15)12-7-4-5-16-6-7/h1-3,7,13-14H,4-6H2,(H,12,15).